The minimum absolute atomic E-state index is 0.255. The number of benzene rings is 1. The maximum atomic E-state index is 12.5. The van der Waals surface area contributed by atoms with Gasteiger partial charge in [-0.25, -0.2) is 8.42 Å². The van der Waals surface area contributed by atoms with Gasteiger partial charge in [0.2, 0.25) is 0 Å². The molecule has 1 N–H and O–H groups in total. The van der Waals surface area contributed by atoms with Crippen LogP contribution in [0.1, 0.15) is 63.5 Å². The highest BCUT2D eigenvalue weighted by atomic mass is 32.2. The number of aliphatic imine (C=N–C) groups is 1. The van der Waals surface area contributed by atoms with Gasteiger partial charge in [-0.3, -0.25) is 9.71 Å². The molecule has 1 aliphatic carbocycles. The molecule has 124 valence electrons. The van der Waals surface area contributed by atoms with Crippen molar-refractivity contribution < 1.29 is 8.42 Å². The first kappa shape index (κ1) is 16.2. The molecule has 5 heteroatoms. The van der Waals surface area contributed by atoms with Crippen molar-refractivity contribution in [1.82, 2.24) is 4.72 Å². The van der Waals surface area contributed by atoms with Gasteiger partial charge in [-0.2, -0.15) is 0 Å². The number of amidine groups is 1. The molecular weight excluding hydrogens is 308 g/mol. The molecule has 1 aromatic rings. The SMILES string of the molecule is CC1=C(c2ccc(C(C)C)cc2)S(=O)(=O)NC1=NC1CCCC1. The number of rotatable bonds is 3. The van der Waals surface area contributed by atoms with Crippen LogP contribution in [0.25, 0.3) is 4.91 Å². The normalized spacial score (nSPS) is 23.0. The first-order valence-electron chi connectivity index (χ1n) is 8.30. The van der Waals surface area contributed by atoms with E-state index in [0.717, 1.165) is 24.0 Å². The Labute approximate surface area is 138 Å². The zero-order valence-electron chi connectivity index (χ0n) is 14.0. The number of hydrogen-bond acceptors (Lipinski definition) is 3. The summed E-state index contributed by atoms with van der Waals surface area (Å²) in [5, 5.41) is 0. The molecule has 0 unspecified atom stereocenters. The molecule has 0 saturated heterocycles. The Morgan fingerprint density at radius 2 is 1.74 bits per heavy atom. The quantitative estimate of drug-likeness (QED) is 0.915. The van der Waals surface area contributed by atoms with Crippen molar-refractivity contribution in [3.63, 3.8) is 0 Å². The van der Waals surface area contributed by atoms with Crippen LogP contribution in [0.5, 0.6) is 0 Å². The summed E-state index contributed by atoms with van der Waals surface area (Å²) in [7, 11) is -3.51. The molecule has 1 aliphatic heterocycles. The fourth-order valence-electron chi connectivity index (χ4n) is 3.29. The van der Waals surface area contributed by atoms with Gasteiger partial charge in [0.1, 0.15) is 10.7 Å². The van der Waals surface area contributed by atoms with E-state index < -0.39 is 10.0 Å². The van der Waals surface area contributed by atoms with Crippen LogP contribution in [0.15, 0.2) is 34.8 Å². The van der Waals surface area contributed by atoms with Crippen LogP contribution >= 0.6 is 0 Å². The maximum absolute atomic E-state index is 12.5. The summed E-state index contributed by atoms with van der Waals surface area (Å²) in [6.45, 7) is 6.09. The molecular formula is C18H24N2O2S. The van der Waals surface area contributed by atoms with E-state index in [0.29, 0.717) is 16.7 Å². The Morgan fingerprint density at radius 3 is 2.30 bits per heavy atom. The van der Waals surface area contributed by atoms with Gasteiger partial charge in [-0.1, -0.05) is 51.0 Å². The molecule has 0 radical (unpaired) electrons. The number of sulfonamides is 1. The standard InChI is InChI=1S/C18H24N2O2S/c1-12(2)14-8-10-15(11-9-14)17-13(3)18(20-23(17,21)22)19-16-6-4-5-7-16/h8-12,16H,4-7H2,1-3H3,(H,19,20). The summed E-state index contributed by atoms with van der Waals surface area (Å²) < 4.78 is 27.7. The average Bonchev–Trinajstić information content (AvgIpc) is 3.06. The monoisotopic (exact) mass is 332 g/mol. The summed E-state index contributed by atoms with van der Waals surface area (Å²) in [4.78, 5) is 5.01. The predicted octanol–water partition coefficient (Wildman–Crippen LogP) is 3.82. The number of nitrogens with one attached hydrogen (secondary N) is 1. The molecule has 0 amide bonds. The van der Waals surface area contributed by atoms with Crippen LogP contribution in [0, 0.1) is 0 Å². The van der Waals surface area contributed by atoms with Crippen molar-refractivity contribution >= 4 is 20.8 Å². The lowest BCUT2D eigenvalue weighted by atomic mass is 10.0. The van der Waals surface area contributed by atoms with E-state index in [9.17, 15) is 8.42 Å². The average molecular weight is 332 g/mol. The molecule has 0 spiro atoms. The predicted molar refractivity (Wildman–Crippen MR) is 94.9 cm³/mol. The van der Waals surface area contributed by atoms with Crippen LogP contribution in [-0.4, -0.2) is 20.3 Å². The van der Waals surface area contributed by atoms with E-state index in [4.69, 9.17) is 0 Å². The molecule has 1 aromatic carbocycles. The smallest absolute Gasteiger partial charge is 0.264 e. The molecule has 0 aromatic heterocycles. The Bertz CT molecular complexity index is 753. The van der Waals surface area contributed by atoms with Crippen molar-refractivity contribution in [2.75, 3.05) is 0 Å². The van der Waals surface area contributed by atoms with Crippen LogP contribution in [0.2, 0.25) is 0 Å². The molecule has 0 atom stereocenters. The number of hydrogen-bond donors (Lipinski definition) is 1. The second kappa shape index (κ2) is 6.11. The second-order valence-corrected chi connectivity index (χ2v) is 8.37. The van der Waals surface area contributed by atoms with Gasteiger partial charge in [-0.05, 0) is 36.8 Å². The zero-order chi connectivity index (χ0) is 16.6. The second-order valence-electron chi connectivity index (χ2n) is 6.75. The minimum atomic E-state index is -3.51. The van der Waals surface area contributed by atoms with E-state index in [1.807, 2.05) is 31.2 Å². The molecule has 23 heavy (non-hydrogen) atoms. The summed E-state index contributed by atoms with van der Waals surface area (Å²) in [6, 6.07) is 8.05. The summed E-state index contributed by atoms with van der Waals surface area (Å²) in [5.41, 5.74) is 2.67. The minimum Gasteiger partial charge on any atom is -0.264 e. The van der Waals surface area contributed by atoms with E-state index in [1.165, 1.54) is 18.4 Å². The molecule has 4 nitrogen and oxygen atoms in total. The number of nitrogens with zero attached hydrogens (tertiary/aromatic N) is 1. The highest BCUT2D eigenvalue weighted by Gasteiger charge is 2.33. The van der Waals surface area contributed by atoms with Crippen molar-refractivity contribution in [3.8, 4) is 0 Å². The van der Waals surface area contributed by atoms with Gasteiger partial charge in [0.25, 0.3) is 10.0 Å². The molecule has 3 rings (SSSR count). The summed E-state index contributed by atoms with van der Waals surface area (Å²) in [6.07, 6.45) is 4.47. The van der Waals surface area contributed by atoms with E-state index in [-0.39, 0.29) is 6.04 Å². The van der Waals surface area contributed by atoms with Crippen molar-refractivity contribution in [2.24, 2.45) is 4.99 Å². The van der Waals surface area contributed by atoms with Gasteiger partial charge in [0, 0.05) is 5.57 Å². The fourth-order valence-corrected chi connectivity index (χ4v) is 4.80. The zero-order valence-corrected chi connectivity index (χ0v) is 14.8. The summed E-state index contributed by atoms with van der Waals surface area (Å²) >= 11 is 0. The largest absolute Gasteiger partial charge is 0.264 e. The van der Waals surface area contributed by atoms with E-state index >= 15 is 0 Å². The van der Waals surface area contributed by atoms with Crippen molar-refractivity contribution in [1.29, 1.82) is 0 Å². The Hall–Kier alpha value is -1.62. The van der Waals surface area contributed by atoms with Gasteiger partial charge in [0.05, 0.1) is 6.04 Å². The van der Waals surface area contributed by atoms with E-state index in [2.05, 4.69) is 23.6 Å². The van der Waals surface area contributed by atoms with Crippen LogP contribution in [0.3, 0.4) is 0 Å². The van der Waals surface area contributed by atoms with Gasteiger partial charge >= 0.3 is 0 Å². The molecule has 0 bridgehead atoms. The Morgan fingerprint density at radius 1 is 1.13 bits per heavy atom. The third-order valence-corrected chi connectivity index (χ3v) is 6.21. The van der Waals surface area contributed by atoms with Crippen LogP contribution < -0.4 is 4.72 Å². The first-order chi connectivity index (χ1) is 10.9. The molecule has 2 aliphatic rings. The van der Waals surface area contributed by atoms with Gasteiger partial charge in [0.15, 0.2) is 0 Å². The molecule has 1 fully saturated rings. The highest BCUT2D eigenvalue weighted by Crippen LogP contribution is 2.32. The highest BCUT2D eigenvalue weighted by molar-refractivity contribution is 8.00. The van der Waals surface area contributed by atoms with Crippen LogP contribution in [-0.2, 0) is 10.0 Å². The molecule has 1 saturated carbocycles. The lowest BCUT2D eigenvalue weighted by Gasteiger charge is -2.07. The van der Waals surface area contributed by atoms with Crippen molar-refractivity contribution in [2.45, 2.75) is 58.4 Å². The Kier molecular flexibility index (Phi) is 4.32. The van der Waals surface area contributed by atoms with Crippen molar-refractivity contribution in [3.05, 3.63) is 41.0 Å². The lowest BCUT2D eigenvalue weighted by Crippen LogP contribution is -2.24. The lowest BCUT2D eigenvalue weighted by molar-refractivity contribution is 0.603. The third kappa shape index (κ3) is 3.20. The first-order valence-corrected chi connectivity index (χ1v) is 9.79. The third-order valence-electron chi connectivity index (χ3n) is 4.67. The van der Waals surface area contributed by atoms with Gasteiger partial charge in [-0.15, -0.1) is 0 Å². The topological polar surface area (TPSA) is 58.5 Å². The Balaban J connectivity index is 1.99. The van der Waals surface area contributed by atoms with E-state index in [1.54, 1.807) is 0 Å². The van der Waals surface area contributed by atoms with Crippen LogP contribution in [0.4, 0.5) is 0 Å². The van der Waals surface area contributed by atoms with Gasteiger partial charge < -0.3 is 0 Å². The maximum Gasteiger partial charge on any atom is 0.264 e. The molecule has 1 heterocycles. The summed E-state index contributed by atoms with van der Waals surface area (Å²) in [5.74, 6) is 0.955. The fraction of sp³-hybridized carbons (Fsp3) is 0.500.